The smallest absolute Gasteiger partial charge is 0.306 e. The van der Waals surface area contributed by atoms with Crippen LogP contribution in [0.1, 0.15) is 226 Å². The van der Waals surface area contributed by atoms with Gasteiger partial charge in [-0.3, -0.25) is 14.4 Å². The first-order valence-corrected chi connectivity index (χ1v) is 26.4. The first-order valence-electron chi connectivity index (χ1n) is 26.4. The fourth-order valence-electron chi connectivity index (χ4n) is 6.79. The van der Waals surface area contributed by atoms with Crippen LogP contribution in [0.15, 0.2) is 109 Å². The Kier molecular flexibility index (Phi) is 49.5. The van der Waals surface area contributed by atoms with E-state index in [9.17, 15) is 14.4 Å². The van der Waals surface area contributed by atoms with E-state index in [0.29, 0.717) is 19.3 Å². The standard InChI is InChI=1S/C59H96O6/c1-4-7-10-13-16-19-22-25-27-29-30-31-33-34-37-40-43-46-49-52-58(61)64-55-56(54-63-57(60)51-48-45-42-39-36-24-21-18-15-12-9-6-3)65-59(62)53-50-47-44-41-38-35-32-28-26-23-20-17-14-11-8-5-2/h7,10,16,18-21,23,25,27-28,30-32,34,37,43,46,56H,4-6,8-9,11-15,17,22,24,26,29,33,35-36,38-42,44-45,47-55H2,1-3H3/b10-7-,19-16-,21-18-,23-20-,27-25-,31-30-,32-28-,37-34-,46-43-. The van der Waals surface area contributed by atoms with E-state index < -0.39 is 6.10 Å². The minimum absolute atomic E-state index is 0.113. The summed E-state index contributed by atoms with van der Waals surface area (Å²) in [7, 11) is 0. The Hall–Kier alpha value is -3.93. The lowest BCUT2D eigenvalue weighted by Gasteiger charge is -2.18. The largest absolute Gasteiger partial charge is 0.462 e. The second-order valence-corrected chi connectivity index (χ2v) is 17.0. The van der Waals surface area contributed by atoms with Gasteiger partial charge in [-0.15, -0.1) is 0 Å². The zero-order valence-corrected chi connectivity index (χ0v) is 42.0. The summed E-state index contributed by atoms with van der Waals surface area (Å²) in [5.41, 5.74) is 0. The molecule has 368 valence electrons. The first kappa shape index (κ1) is 61.1. The Balaban J connectivity index is 4.54. The van der Waals surface area contributed by atoms with E-state index in [0.717, 1.165) is 116 Å². The number of carbonyl (C=O) groups is 3. The molecular weight excluding hydrogens is 805 g/mol. The Bertz CT molecular complexity index is 1360. The van der Waals surface area contributed by atoms with Crippen molar-refractivity contribution >= 4 is 17.9 Å². The average molecular weight is 901 g/mol. The van der Waals surface area contributed by atoms with Crippen molar-refractivity contribution in [2.45, 2.75) is 232 Å². The van der Waals surface area contributed by atoms with Crippen LogP contribution in [0, 0.1) is 0 Å². The van der Waals surface area contributed by atoms with Crippen LogP contribution in [0.5, 0.6) is 0 Å². The van der Waals surface area contributed by atoms with Gasteiger partial charge in [0.25, 0.3) is 0 Å². The van der Waals surface area contributed by atoms with Gasteiger partial charge in [-0.2, -0.15) is 0 Å². The number of esters is 3. The molecule has 0 aliphatic carbocycles. The van der Waals surface area contributed by atoms with Crippen LogP contribution in [-0.2, 0) is 28.6 Å². The molecule has 1 atom stereocenters. The van der Waals surface area contributed by atoms with E-state index in [1.54, 1.807) is 0 Å². The average Bonchev–Trinajstić information content (AvgIpc) is 3.30. The quantitative estimate of drug-likeness (QED) is 0.0262. The van der Waals surface area contributed by atoms with Crippen molar-refractivity contribution in [3.8, 4) is 0 Å². The van der Waals surface area contributed by atoms with Gasteiger partial charge in [0.1, 0.15) is 13.2 Å². The van der Waals surface area contributed by atoms with Crippen LogP contribution in [0.4, 0.5) is 0 Å². The molecule has 6 heteroatoms. The molecule has 0 aliphatic heterocycles. The zero-order chi connectivity index (χ0) is 47.2. The molecule has 0 bridgehead atoms. The number of hydrogen-bond acceptors (Lipinski definition) is 6. The molecule has 1 unspecified atom stereocenters. The normalized spacial score (nSPS) is 13.0. The monoisotopic (exact) mass is 901 g/mol. The molecule has 0 aromatic heterocycles. The number of unbranched alkanes of at least 4 members (excludes halogenated alkanes) is 17. The van der Waals surface area contributed by atoms with Crippen LogP contribution >= 0.6 is 0 Å². The number of ether oxygens (including phenoxy) is 3. The van der Waals surface area contributed by atoms with Crippen molar-refractivity contribution in [1.82, 2.24) is 0 Å². The molecule has 0 N–H and O–H groups in total. The SMILES string of the molecule is CC/C=C\C/C=C\C/C=C\C/C=C\C/C=C\C/C=C\CCC(=O)OCC(COC(=O)CCCCCCC/C=C\CCCCC)OC(=O)CCCCCCC/C=C\C/C=C\CCCCCC. The Morgan fingerprint density at radius 3 is 1.08 bits per heavy atom. The van der Waals surface area contributed by atoms with Crippen molar-refractivity contribution in [2.24, 2.45) is 0 Å². The molecule has 0 saturated heterocycles. The molecule has 0 heterocycles. The van der Waals surface area contributed by atoms with Gasteiger partial charge < -0.3 is 14.2 Å². The van der Waals surface area contributed by atoms with Gasteiger partial charge in [0, 0.05) is 19.3 Å². The van der Waals surface area contributed by atoms with Crippen molar-refractivity contribution < 1.29 is 28.6 Å². The maximum absolute atomic E-state index is 12.8. The summed E-state index contributed by atoms with van der Waals surface area (Å²) >= 11 is 0. The van der Waals surface area contributed by atoms with Crippen molar-refractivity contribution in [3.05, 3.63) is 109 Å². The van der Waals surface area contributed by atoms with Crippen LogP contribution in [0.2, 0.25) is 0 Å². The highest BCUT2D eigenvalue weighted by Gasteiger charge is 2.19. The van der Waals surface area contributed by atoms with Gasteiger partial charge in [0.15, 0.2) is 6.10 Å². The van der Waals surface area contributed by atoms with Crippen LogP contribution < -0.4 is 0 Å². The summed E-state index contributed by atoms with van der Waals surface area (Å²) in [6.07, 6.45) is 70.8. The Morgan fingerprint density at radius 2 is 0.631 bits per heavy atom. The molecule has 0 fully saturated rings. The lowest BCUT2D eigenvalue weighted by molar-refractivity contribution is -0.166. The first-order chi connectivity index (χ1) is 32.0. The van der Waals surface area contributed by atoms with Gasteiger partial charge in [0.2, 0.25) is 0 Å². The van der Waals surface area contributed by atoms with E-state index in [1.807, 2.05) is 12.2 Å². The molecule has 0 amide bonds. The fourth-order valence-corrected chi connectivity index (χ4v) is 6.79. The summed E-state index contributed by atoms with van der Waals surface area (Å²) in [5.74, 6) is -1.03. The lowest BCUT2D eigenvalue weighted by Crippen LogP contribution is -2.30. The number of hydrogen-bond donors (Lipinski definition) is 0. The molecule has 0 rings (SSSR count). The Morgan fingerprint density at radius 1 is 0.323 bits per heavy atom. The van der Waals surface area contributed by atoms with Gasteiger partial charge in [0.05, 0.1) is 0 Å². The topological polar surface area (TPSA) is 78.9 Å². The zero-order valence-electron chi connectivity index (χ0n) is 42.0. The van der Waals surface area contributed by atoms with E-state index >= 15 is 0 Å². The fraction of sp³-hybridized carbons (Fsp3) is 0.644. The van der Waals surface area contributed by atoms with Gasteiger partial charge in [-0.05, 0) is 116 Å². The maximum Gasteiger partial charge on any atom is 0.306 e. The lowest BCUT2D eigenvalue weighted by atomic mass is 10.1. The van der Waals surface area contributed by atoms with E-state index in [1.165, 1.54) is 64.2 Å². The second kappa shape index (κ2) is 52.7. The summed E-state index contributed by atoms with van der Waals surface area (Å²) in [4.78, 5) is 38.0. The van der Waals surface area contributed by atoms with Gasteiger partial charge >= 0.3 is 17.9 Å². The molecule has 6 nitrogen and oxygen atoms in total. The molecule has 0 saturated carbocycles. The van der Waals surface area contributed by atoms with Crippen molar-refractivity contribution in [3.63, 3.8) is 0 Å². The third kappa shape index (κ3) is 50.9. The highest BCUT2D eigenvalue weighted by molar-refractivity contribution is 5.71. The number of rotatable bonds is 46. The summed E-state index contributed by atoms with van der Waals surface area (Å²) in [6.45, 7) is 6.38. The minimum atomic E-state index is -0.820. The van der Waals surface area contributed by atoms with E-state index in [2.05, 4.69) is 118 Å². The predicted molar refractivity (Wildman–Crippen MR) is 279 cm³/mol. The van der Waals surface area contributed by atoms with Gasteiger partial charge in [-0.1, -0.05) is 201 Å². The molecule has 65 heavy (non-hydrogen) atoms. The maximum atomic E-state index is 12.8. The molecular formula is C59H96O6. The minimum Gasteiger partial charge on any atom is -0.462 e. The molecule has 0 aromatic rings. The third-order valence-electron chi connectivity index (χ3n) is 10.7. The van der Waals surface area contributed by atoms with E-state index in [4.69, 9.17) is 14.2 Å². The number of carbonyl (C=O) groups excluding carboxylic acids is 3. The third-order valence-corrected chi connectivity index (χ3v) is 10.7. The van der Waals surface area contributed by atoms with Crippen LogP contribution in [0.3, 0.4) is 0 Å². The highest BCUT2D eigenvalue weighted by Crippen LogP contribution is 2.12. The molecule has 0 radical (unpaired) electrons. The van der Waals surface area contributed by atoms with Crippen molar-refractivity contribution in [2.75, 3.05) is 13.2 Å². The van der Waals surface area contributed by atoms with E-state index in [-0.39, 0.29) is 37.5 Å². The second-order valence-electron chi connectivity index (χ2n) is 17.0. The van der Waals surface area contributed by atoms with Crippen LogP contribution in [-0.4, -0.2) is 37.2 Å². The van der Waals surface area contributed by atoms with Crippen LogP contribution in [0.25, 0.3) is 0 Å². The summed E-state index contributed by atoms with van der Waals surface area (Å²) in [6, 6.07) is 0. The highest BCUT2D eigenvalue weighted by atomic mass is 16.6. The van der Waals surface area contributed by atoms with Crippen molar-refractivity contribution in [1.29, 1.82) is 0 Å². The van der Waals surface area contributed by atoms with Gasteiger partial charge in [-0.25, -0.2) is 0 Å². The summed E-state index contributed by atoms with van der Waals surface area (Å²) in [5, 5.41) is 0. The Labute approximate surface area is 400 Å². The molecule has 0 spiro atoms. The molecule has 0 aromatic carbocycles. The summed E-state index contributed by atoms with van der Waals surface area (Å²) < 4.78 is 16.7. The number of allylic oxidation sites excluding steroid dienone is 18. The predicted octanol–water partition coefficient (Wildman–Crippen LogP) is 17.5. The molecule has 0 aliphatic rings.